The predicted molar refractivity (Wildman–Crippen MR) is 117 cm³/mol. The van der Waals surface area contributed by atoms with Gasteiger partial charge in [-0.3, -0.25) is 9.89 Å². The number of aromatic nitrogens is 2. The van der Waals surface area contributed by atoms with Crippen molar-refractivity contribution in [3.05, 3.63) is 53.7 Å². The smallest absolute Gasteiger partial charge is 0.203 e. The van der Waals surface area contributed by atoms with Crippen LogP contribution in [0.4, 0.5) is 0 Å². The first-order valence-electron chi connectivity index (χ1n) is 9.34. The first-order valence-corrected chi connectivity index (χ1v) is 9.34. The Morgan fingerprint density at radius 1 is 0.806 bits per heavy atom. The zero-order chi connectivity index (χ0) is 22.4. The number of rotatable bonds is 9. The number of nitrogens with one attached hydrogen (secondary N) is 1. The second-order valence-corrected chi connectivity index (χ2v) is 6.39. The van der Waals surface area contributed by atoms with Crippen LogP contribution in [-0.4, -0.2) is 51.5 Å². The molecule has 0 aliphatic rings. The second-order valence-electron chi connectivity index (χ2n) is 6.39. The van der Waals surface area contributed by atoms with Gasteiger partial charge in [-0.1, -0.05) is 0 Å². The van der Waals surface area contributed by atoms with E-state index in [1.54, 1.807) is 32.4 Å². The standard InChI is InChI=1S/C23H24N2O6/c1-27-19-9-6-14(10-20(19)28-2)17-13-16(24-25-17)7-8-18(26)15-11-21(29-3)23(31-5)22(12-15)30-4/h6-13H,1-5H3,(H,24,25). The summed E-state index contributed by atoms with van der Waals surface area (Å²) in [5.74, 6) is 2.28. The van der Waals surface area contributed by atoms with Crippen LogP contribution in [-0.2, 0) is 0 Å². The summed E-state index contributed by atoms with van der Waals surface area (Å²) in [6, 6.07) is 10.6. The second kappa shape index (κ2) is 9.71. The van der Waals surface area contributed by atoms with Crippen LogP contribution in [0.2, 0.25) is 0 Å². The first-order chi connectivity index (χ1) is 15.0. The number of aromatic amines is 1. The maximum atomic E-state index is 12.7. The van der Waals surface area contributed by atoms with Crippen LogP contribution in [0.15, 0.2) is 42.5 Å². The van der Waals surface area contributed by atoms with Gasteiger partial charge in [-0.05, 0) is 48.6 Å². The minimum absolute atomic E-state index is 0.221. The van der Waals surface area contributed by atoms with E-state index in [2.05, 4.69) is 10.2 Å². The first kappa shape index (κ1) is 21.8. The van der Waals surface area contributed by atoms with Crippen molar-refractivity contribution in [1.29, 1.82) is 0 Å². The lowest BCUT2D eigenvalue weighted by atomic mass is 10.1. The number of carbonyl (C=O) groups excluding carboxylic acids is 1. The number of hydrogen-bond acceptors (Lipinski definition) is 7. The van der Waals surface area contributed by atoms with Gasteiger partial charge >= 0.3 is 0 Å². The lowest BCUT2D eigenvalue weighted by Crippen LogP contribution is -2.00. The molecular formula is C23H24N2O6. The van der Waals surface area contributed by atoms with E-state index in [4.69, 9.17) is 23.7 Å². The zero-order valence-electron chi connectivity index (χ0n) is 18.0. The topological polar surface area (TPSA) is 91.9 Å². The third kappa shape index (κ3) is 4.63. The van der Waals surface area contributed by atoms with Gasteiger partial charge in [0.1, 0.15) is 0 Å². The fraction of sp³-hybridized carbons (Fsp3) is 0.217. The van der Waals surface area contributed by atoms with Gasteiger partial charge in [-0.25, -0.2) is 0 Å². The van der Waals surface area contributed by atoms with Crippen molar-refractivity contribution < 1.29 is 28.5 Å². The highest BCUT2D eigenvalue weighted by Crippen LogP contribution is 2.38. The summed E-state index contributed by atoms with van der Waals surface area (Å²) in [5, 5.41) is 7.22. The van der Waals surface area contributed by atoms with Crippen molar-refractivity contribution in [3.8, 4) is 40.0 Å². The highest BCUT2D eigenvalue weighted by atomic mass is 16.5. The molecule has 31 heavy (non-hydrogen) atoms. The summed E-state index contributed by atoms with van der Waals surface area (Å²) in [5.41, 5.74) is 2.64. The van der Waals surface area contributed by atoms with E-state index in [9.17, 15) is 4.79 Å². The summed E-state index contributed by atoms with van der Waals surface area (Å²) in [6.45, 7) is 0. The highest BCUT2D eigenvalue weighted by molar-refractivity contribution is 6.07. The largest absolute Gasteiger partial charge is 0.493 e. The number of methoxy groups -OCH3 is 5. The Morgan fingerprint density at radius 2 is 1.45 bits per heavy atom. The molecule has 0 aliphatic carbocycles. The number of H-pyrrole nitrogens is 1. The molecule has 0 spiro atoms. The molecule has 0 amide bonds. The molecule has 1 N–H and O–H groups in total. The van der Waals surface area contributed by atoms with E-state index in [-0.39, 0.29) is 5.78 Å². The number of carbonyl (C=O) groups is 1. The predicted octanol–water partition coefficient (Wildman–Crippen LogP) is 4.02. The number of benzene rings is 2. The fourth-order valence-electron chi connectivity index (χ4n) is 3.05. The van der Waals surface area contributed by atoms with Gasteiger partial charge in [-0.2, -0.15) is 5.10 Å². The average molecular weight is 424 g/mol. The molecule has 0 saturated carbocycles. The van der Waals surface area contributed by atoms with Gasteiger partial charge in [0.05, 0.1) is 46.9 Å². The van der Waals surface area contributed by atoms with Crippen LogP contribution in [0.25, 0.3) is 17.3 Å². The van der Waals surface area contributed by atoms with Gasteiger partial charge in [0.25, 0.3) is 0 Å². The van der Waals surface area contributed by atoms with Crippen molar-refractivity contribution in [1.82, 2.24) is 10.2 Å². The lowest BCUT2D eigenvalue weighted by Gasteiger charge is -2.13. The van der Waals surface area contributed by atoms with Crippen LogP contribution in [0.3, 0.4) is 0 Å². The molecule has 0 atom stereocenters. The van der Waals surface area contributed by atoms with Gasteiger partial charge in [0, 0.05) is 11.1 Å². The fourth-order valence-corrected chi connectivity index (χ4v) is 3.05. The number of ether oxygens (including phenoxy) is 5. The lowest BCUT2D eigenvalue weighted by molar-refractivity contribution is 0.104. The molecule has 0 bridgehead atoms. The molecule has 8 heteroatoms. The Kier molecular flexibility index (Phi) is 6.81. The van der Waals surface area contributed by atoms with E-state index < -0.39 is 0 Å². The SMILES string of the molecule is COc1ccc(-c2cc(C=CC(=O)c3cc(OC)c(OC)c(OC)c3)[nH]n2)cc1OC. The summed E-state index contributed by atoms with van der Waals surface area (Å²) < 4.78 is 26.5. The molecule has 0 fully saturated rings. The van der Waals surface area contributed by atoms with E-state index in [0.717, 1.165) is 5.56 Å². The molecule has 0 saturated heterocycles. The van der Waals surface area contributed by atoms with Crippen LogP contribution >= 0.6 is 0 Å². The maximum absolute atomic E-state index is 12.7. The number of allylic oxidation sites excluding steroid dienone is 1. The zero-order valence-corrected chi connectivity index (χ0v) is 18.0. The molecule has 3 rings (SSSR count). The van der Waals surface area contributed by atoms with Crippen molar-refractivity contribution >= 4 is 11.9 Å². The normalized spacial score (nSPS) is 10.7. The Balaban J connectivity index is 1.82. The van der Waals surface area contributed by atoms with E-state index in [1.165, 1.54) is 27.4 Å². The molecule has 0 aliphatic heterocycles. The van der Waals surface area contributed by atoms with Crippen molar-refractivity contribution in [2.45, 2.75) is 0 Å². The molecule has 162 valence electrons. The van der Waals surface area contributed by atoms with Gasteiger partial charge in [0.2, 0.25) is 5.75 Å². The number of hydrogen-bond donors (Lipinski definition) is 1. The van der Waals surface area contributed by atoms with Crippen molar-refractivity contribution in [2.24, 2.45) is 0 Å². The van der Waals surface area contributed by atoms with Crippen molar-refractivity contribution in [2.75, 3.05) is 35.5 Å². The maximum Gasteiger partial charge on any atom is 0.203 e. The van der Waals surface area contributed by atoms with Crippen LogP contribution in [0, 0.1) is 0 Å². The van der Waals surface area contributed by atoms with Gasteiger partial charge < -0.3 is 23.7 Å². The highest BCUT2D eigenvalue weighted by Gasteiger charge is 2.16. The third-order valence-electron chi connectivity index (χ3n) is 4.64. The molecule has 3 aromatic rings. The molecule has 8 nitrogen and oxygen atoms in total. The Morgan fingerprint density at radius 3 is 2.03 bits per heavy atom. The Bertz CT molecular complexity index is 1080. The van der Waals surface area contributed by atoms with E-state index in [0.29, 0.717) is 45.7 Å². The Hall–Kier alpha value is -3.94. The van der Waals surface area contributed by atoms with E-state index in [1.807, 2.05) is 24.3 Å². The number of ketones is 1. The molecule has 0 radical (unpaired) electrons. The number of nitrogens with zero attached hydrogens (tertiary/aromatic N) is 1. The summed E-state index contributed by atoms with van der Waals surface area (Å²) >= 11 is 0. The minimum atomic E-state index is -0.221. The van der Waals surface area contributed by atoms with Crippen LogP contribution in [0.5, 0.6) is 28.7 Å². The molecule has 1 aromatic heterocycles. The van der Waals surface area contributed by atoms with Crippen LogP contribution < -0.4 is 23.7 Å². The molecular weight excluding hydrogens is 400 g/mol. The summed E-state index contributed by atoms with van der Waals surface area (Å²) in [6.07, 6.45) is 3.11. The van der Waals surface area contributed by atoms with E-state index >= 15 is 0 Å². The summed E-state index contributed by atoms with van der Waals surface area (Å²) in [7, 11) is 7.68. The molecule has 0 unspecified atom stereocenters. The molecule has 2 aromatic carbocycles. The molecule has 1 heterocycles. The monoisotopic (exact) mass is 424 g/mol. The van der Waals surface area contributed by atoms with Crippen molar-refractivity contribution in [3.63, 3.8) is 0 Å². The Labute approximate surface area is 180 Å². The average Bonchev–Trinajstić information content (AvgIpc) is 3.29. The van der Waals surface area contributed by atoms with Crippen LogP contribution in [0.1, 0.15) is 16.1 Å². The summed E-state index contributed by atoms with van der Waals surface area (Å²) in [4.78, 5) is 12.7. The van der Waals surface area contributed by atoms with Gasteiger partial charge in [0.15, 0.2) is 28.8 Å². The third-order valence-corrected chi connectivity index (χ3v) is 4.64. The quantitative estimate of drug-likeness (QED) is 0.410. The minimum Gasteiger partial charge on any atom is -0.493 e. The van der Waals surface area contributed by atoms with Gasteiger partial charge in [-0.15, -0.1) is 0 Å².